The Balaban J connectivity index is 2.07. The number of anilines is 1. The molecule has 0 aliphatic carbocycles. The van der Waals surface area contributed by atoms with Gasteiger partial charge in [-0.1, -0.05) is 35.9 Å². The van der Waals surface area contributed by atoms with E-state index in [-0.39, 0.29) is 6.61 Å². The monoisotopic (exact) mass is 313 g/mol. The standard InChI is InChI=1S/C17H16ClN3O/c18-13-6-3-5-12(11-13)16-20-15-8-2-1-7-14(15)17(21-16)19-9-4-10-22/h1-3,5-8,11,22H,4,9-10H2,(H,19,20,21). The van der Waals surface area contributed by atoms with E-state index in [1.807, 2.05) is 48.5 Å². The molecule has 0 saturated heterocycles. The first-order valence-corrected chi connectivity index (χ1v) is 7.53. The summed E-state index contributed by atoms with van der Waals surface area (Å²) in [6, 6.07) is 15.4. The molecule has 0 aliphatic rings. The number of aliphatic hydroxyl groups excluding tert-OH is 1. The van der Waals surface area contributed by atoms with Crippen LogP contribution < -0.4 is 5.32 Å². The van der Waals surface area contributed by atoms with Crippen molar-refractivity contribution >= 4 is 28.3 Å². The molecule has 3 aromatic rings. The number of para-hydroxylation sites is 1. The molecule has 0 unspecified atom stereocenters. The zero-order chi connectivity index (χ0) is 15.4. The summed E-state index contributed by atoms with van der Waals surface area (Å²) in [6.07, 6.45) is 0.671. The molecule has 1 aromatic heterocycles. The zero-order valence-electron chi connectivity index (χ0n) is 12.0. The van der Waals surface area contributed by atoms with Crippen molar-refractivity contribution in [2.45, 2.75) is 6.42 Å². The van der Waals surface area contributed by atoms with E-state index in [0.717, 1.165) is 22.3 Å². The van der Waals surface area contributed by atoms with Crippen LogP contribution in [0, 0.1) is 0 Å². The van der Waals surface area contributed by atoms with Crippen LogP contribution in [0.15, 0.2) is 48.5 Å². The minimum atomic E-state index is 0.150. The highest BCUT2D eigenvalue weighted by molar-refractivity contribution is 6.30. The van der Waals surface area contributed by atoms with Crippen molar-refractivity contribution < 1.29 is 5.11 Å². The van der Waals surface area contributed by atoms with Gasteiger partial charge in [0.25, 0.3) is 0 Å². The van der Waals surface area contributed by atoms with E-state index in [1.165, 1.54) is 0 Å². The minimum Gasteiger partial charge on any atom is -0.396 e. The molecule has 2 aromatic carbocycles. The lowest BCUT2D eigenvalue weighted by atomic mass is 10.2. The van der Waals surface area contributed by atoms with Gasteiger partial charge in [-0.2, -0.15) is 0 Å². The molecule has 3 rings (SSSR count). The fraction of sp³-hybridized carbons (Fsp3) is 0.176. The number of aromatic nitrogens is 2. The van der Waals surface area contributed by atoms with Crippen LogP contribution in [-0.4, -0.2) is 28.2 Å². The molecule has 0 atom stereocenters. The van der Waals surface area contributed by atoms with Crippen LogP contribution in [-0.2, 0) is 0 Å². The average molecular weight is 314 g/mol. The smallest absolute Gasteiger partial charge is 0.162 e. The van der Waals surface area contributed by atoms with E-state index >= 15 is 0 Å². The lowest BCUT2D eigenvalue weighted by Gasteiger charge is -2.10. The van der Waals surface area contributed by atoms with Crippen molar-refractivity contribution in [1.82, 2.24) is 9.97 Å². The van der Waals surface area contributed by atoms with Crippen molar-refractivity contribution in [2.75, 3.05) is 18.5 Å². The fourth-order valence-corrected chi connectivity index (χ4v) is 2.44. The zero-order valence-corrected chi connectivity index (χ0v) is 12.7. The van der Waals surface area contributed by atoms with Crippen molar-refractivity contribution in [3.8, 4) is 11.4 Å². The van der Waals surface area contributed by atoms with Crippen LogP contribution in [0.5, 0.6) is 0 Å². The van der Waals surface area contributed by atoms with Gasteiger partial charge in [0.2, 0.25) is 0 Å². The molecule has 2 N–H and O–H groups in total. The normalized spacial score (nSPS) is 10.8. The average Bonchev–Trinajstić information content (AvgIpc) is 2.55. The predicted octanol–water partition coefficient (Wildman–Crippen LogP) is 3.74. The number of halogens is 1. The second kappa shape index (κ2) is 6.73. The Kier molecular flexibility index (Phi) is 4.51. The molecule has 0 fully saturated rings. The maximum Gasteiger partial charge on any atom is 0.162 e. The summed E-state index contributed by atoms with van der Waals surface area (Å²) in [6.45, 7) is 0.809. The van der Waals surface area contributed by atoms with Crippen LogP contribution in [0.1, 0.15) is 6.42 Å². The molecule has 0 saturated carbocycles. The Hall–Kier alpha value is -2.17. The highest BCUT2D eigenvalue weighted by atomic mass is 35.5. The van der Waals surface area contributed by atoms with Gasteiger partial charge < -0.3 is 10.4 Å². The number of hydrogen-bond donors (Lipinski definition) is 2. The molecule has 1 heterocycles. The van der Waals surface area contributed by atoms with Crippen LogP contribution >= 0.6 is 11.6 Å². The van der Waals surface area contributed by atoms with E-state index in [9.17, 15) is 0 Å². The Morgan fingerprint density at radius 3 is 2.73 bits per heavy atom. The minimum absolute atomic E-state index is 0.150. The van der Waals surface area contributed by atoms with Crippen molar-refractivity contribution in [3.05, 3.63) is 53.6 Å². The Morgan fingerprint density at radius 1 is 1.05 bits per heavy atom. The molecular weight excluding hydrogens is 298 g/mol. The summed E-state index contributed by atoms with van der Waals surface area (Å²) in [5, 5.41) is 13.8. The molecule has 4 nitrogen and oxygen atoms in total. The van der Waals surface area contributed by atoms with Crippen LogP contribution in [0.2, 0.25) is 5.02 Å². The third-order valence-corrected chi connectivity index (χ3v) is 3.55. The molecule has 0 amide bonds. The van der Waals surface area contributed by atoms with Gasteiger partial charge in [-0.25, -0.2) is 9.97 Å². The van der Waals surface area contributed by atoms with Gasteiger partial charge in [0.1, 0.15) is 5.82 Å². The maximum absolute atomic E-state index is 8.93. The van der Waals surface area contributed by atoms with E-state index in [4.69, 9.17) is 16.7 Å². The van der Waals surface area contributed by atoms with Gasteiger partial charge in [0.15, 0.2) is 5.82 Å². The topological polar surface area (TPSA) is 58.0 Å². The summed E-state index contributed by atoms with van der Waals surface area (Å²) in [5.74, 6) is 1.40. The van der Waals surface area contributed by atoms with E-state index in [1.54, 1.807) is 0 Å². The van der Waals surface area contributed by atoms with Crippen LogP contribution in [0.25, 0.3) is 22.3 Å². The molecule has 0 radical (unpaired) electrons. The van der Waals surface area contributed by atoms with E-state index in [2.05, 4.69) is 15.3 Å². The lowest BCUT2D eigenvalue weighted by Crippen LogP contribution is -2.07. The molecule has 112 valence electrons. The van der Waals surface area contributed by atoms with E-state index < -0.39 is 0 Å². The second-order valence-corrected chi connectivity index (χ2v) is 5.36. The summed E-state index contributed by atoms with van der Waals surface area (Å²) in [7, 11) is 0. The molecule has 0 spiro atoms. The SMILES string of the molecule is OCCCNc1nc(-c2cccc(Cl)c2)nc2ccccc12. The number of nitrogens with zero attached hydrogens (tertiary/aromatic N) is 2. The largest absolute Gasteiger partial charge is 0.396 e. The number of aliphatic hydroxyl groups is 1. The maximum atomic E-state index is 8.93. The Bertz CT molecular complexity index is 792. The lowest BCUT2D eigenvalue weighted by molar-refractivity contribution is 0.292. The second-order valence-electron chi connectivity index (χ2n) is 4.93. The third-order valence-electron chi connectivity index (χ3n) is 3.31. The summed E-state index contributed by atoms with van der Waals surface area (Å²) >= 11 is 6.06. The first-order chi connectivity index (χ1) is 10.8. The van der Waals surface area contributed by atoms with Gasteiger partial charge in [0, 0.05) is 29.1 Å². The van der Waals surface area contributed by atoms with Gasteiger partial charge in [-0.05, 0) is 30.7 Å². The predicted molar refractivity (Wildman–Crippen MR) is 90.2 cm³/mol. The molecule has 0 aliphatic heterocycles. The van der Waals surface area contributed by atoms with E-state index in [0.29, 0.717) is 23.8 Å². The fourth-order valence-electron chi connectivity index (χ4n) is 2.25. The third kappa shape index (κ3) is 3.18. The molecule has 0 bridgehead atoms. The summed E-state index contributed by atoms with van der Waals surface area (Å²) in [4.78, 5) is 9.24. The van der Waals surface area contributed by atoms with Crippen LogP contribution in [0.4, 0.5) is 5.82 Å². The molecule has 5 heteroatoms. The highest BCUT2D eigenvalue weighted by Gasteiger charge is 2.09. The van der Waals surface area contributed by atoms with Gasteiger partial charge in [0.05, 0.1) is 5.52 Å². The first-order valence-electron chi connectivity index (χ1n) is 7.15. The number of benzene rings is 2. The number of fused-ring (bicyclic) bond motifs is 1. The Labute approximate surface area is 133 Å². The van der Waals surface area contributed by atoms with Crippen molar-refractivity contribution in [1.29, 1.82) is 0 Å². The van der Waals surface area contributed by atoms with Gasteiger partial charge in [-0.3, -0.25) is 0 Å². The van der Waals surface area contributed by atoms with Gasteiger partial charge in [-0.15, -0.1) is 0 Å². The highest BCUT2D eigenvalue weighted by Crippen LogP contribution is 2.26. The van der Waals surface area contributed by atoms with Gasteiger partial charge >= 0.3 is 0 Å². The number of hydrogen-bond acceptors (Lipinski definition) is 4. The van der Waals surface area contributed by atoms with Crippen molar-refractivity contribution in [2.24, 2.45) is 0 Å². The molecular formula is C17H16ClN3O. The number of nitrogens with one attached hydrogen (secondary N) is 1. The Morgan fingerprint density at radius 2 is 1.91 bits per heavy atom. The summed E-state index contributed by atoms with van der Waals surface area (Å²) < 4.78 is 0. The number of rotatable bonds is 5. The molecule has 22 heavy (non-hydrogen) atoms. The van der Waals surface area contributed by atoms with Crippen molar-refractivity contribution in [3.63, 3.8) is 0 Å². The quantitative estimate of drug-likeness (QED) is 0.704. The summed E-state index contributed by atoms with van der Waals surface area (Å²) in [5.41, 5.74) is 1.75. The van der Waals surface area contributed by atoms with Crippen LogP contribution in [0.3, 0.4) is 0 Å². The first kappa shape index (κ1) is 14.8.